The first-order valence-electron chi connectivity index (χ1n) is 14.8. The topological polar surface area (TPSA) is 68.3 Å². The lowest BCUT2D eigenvalue weighted by Gasteiger charge is -2.65. The summed E-state index contributed by atoms with van der Waals surface area (Å²) in [5.41, 5.74) is 2.91. The summed E-state index contributed by atoms with van der Waals surface area (Å²) in [6, 6.07) is 11.8. The Morgan fingerprint density at radius 1 is 1.22 bits per heavy atom. The van der Waals surface area contributed by atoms with E-state index in [0.29, 0.717) is 25.1 Å². The fourth-order valence-electron chi connectivity index (χ4n) is 8.31. The number of amides is 1. The van der Waals surface area contributed by atoms with E-state index in [4.69, 9.17) is 14.2 Å². The van der Waals surface area contributed by atoms with Crippen LogP contribution in [0, 0.1) is 24.7 Å². The Bertz CT molecular complexity index is 1460. The van der Waals surface area contributed by atoms with Gasteiger partial charge in [-0.05, 0) is 81.4 Å². The molecule has 0 unspecified atom stereocenters. The van der Waals surface area contributed by atoms with Crippen molar-refractivity contribution in [3.8, 4) is 23.3 Å². The van der Waals surface area contributed by atoms with E-state index in [1.807, 2.05) is 42.2 Å². The van der Waals surface area contributed by atoms with Crippen LogP contribution >= 0.6 is 0 Å². The number of aryl methyl sites for hydroxylation is 1. The minimum atomic E-state index is -0.753. The maximum absolute atomic E-state index is 13.9. The molecule has 0 N–H and O–H groups in total. The Hall–Kier alpha value is -3.50. The number of carbonyl (C=O) groups is 2. The molecule has 2 aliphatic carbocycles. The van der Waals surface area contributed by atoms with E-state index in [1.54, 1.807) is 7.11 Å². The molecule has 1 spiro atoms. The molecule has 2 aliphatic heterocycles. The van der Waals surface area contributed by atoms with Crippen LogP contribution in [0.1, 0.15) is 62.3 Å². The molecule has 2 heterocycles. The molecule has 1 saturated carbocycles. The average Bonchev–Trinajstić information content (AvgIpc) is 3.28. The van der Waals surface area contributed by atoms with E-state index in [2.05, 4.69) is 43.7 Å². The number of rotatable bonds is 5. The summed E-state index contributed by atoms with van der Waals surface area (Å²) in [7, 11) is 3.79. The second kappa shape index (κ2) is 10.1. The van der Waals surface area contributed by atoms with Crippen LogP contribution in [0.3, 0.4) is 0 Å². The van der Waals surface area contributed by atoms with Crippen molar-refractivity contribution in [1.29, 1.82) is 0 Å². The molecule has 7 nitrogen and oxygen atoms in total. The number of hydrogen-bond donors (Lipinski definition) is 0. The summed E-state index contributed by atoms with van der Waals surface area (Å²) in [4.78, 5) is 31.0. The number of hydrogen-bond acceptors (Lipinski definition) is 6. The van der Waals surface area contributed by atoms with Gasteiger partial charge in [0.2, 0.25) is 0 Å². The third kappa shape index (κ3) is 4.14. The zero-order valence-corrected chi connectivity index (χ0v) is 25.0. The smallest absolute Gasteiger partial charge is 0.303 e. The molecule has 7 heteroatoms. The first-order chi connectivity index (χ1) is 19.6. The van der Waals surface area contributed by atoms with Crippen LogP contribution in [0.4, 0.5) is 0 Å². The van der Waals surface area contributed by atoms with Gasteiger partial charge in [0, 0.05) is 30.5 Å². The van der Waals surface area contributed by atoms with E-state index in [1.165, 1.54) is 12.5 Å². The van der Waals surface area contributed by atoms with Gasteiger partial charge in [-0.1, -0.05) is 38.0 Å². The summed E-state index contributed by atoms with van der Waals surface area (Å²) in [6.45, 7) is 9.18. The van der Waals surface area contributed by atoms with E-state index in [-0.39, 0.29) is 36.0 Å². The lowest BCUT2D eigenvalue weighted by molar-refractivity contribution is -0.221. The van der Waals surface area contributed by atoms with Crippen molar-refractivity contribution in [2.45, 2.75) is 82.6 Å². The summed E-state index contributed by atoms with van der Waals surface area (Å²) >= 11 is 0. The molecule has 1 amide bonds. The molecule has 41 heavy (non-hydrogen) atoms. The van der Waals surface area contributed by atoms with Gasteiger partial charge in [-0.25, -0.2) is 0 Å². The maximum atomic E-state index is 13.9. The van der Waals surface area contributed by atoms with E-state index in [9.17, 15) is 9.59 Å². The number of piperidine rings is 1. The SMILES string of the molecule is COc1ccc2c3c1O[C@H]1[C@@H](N(CC(C)C)C(=O)C#Cc4cccc(C)c4)CC[C@@]4(OC(C)=O)[C@@H](C2)N(C)CC[C@]314. The van der Waals surface area contributed by atoms with Crippen molar-refractivity contribution in [2.24, 2.45) is 5.92 Å². The van der Waals surface area contributed by atoms with Gasteiger partial charge in [0.05, 0.1) is 24.6 Å². The molecule has 216 valence electrons. The van der Waals surface area contributed by atoms with Crippen LogP contribution in [-0.4, -0.2) is 72.7 Å². The Morgan fingerprint density at radius 3 is 2.73 bits per heavy atom. The molecule has 4 aliphatic rings. The molecule has 2 aromatic rings. The van der Waals surface area contributed by atoms with Crippen LogP contribution in [0.2, 0.25) is 0 Å². The van der Waals surface area contributed by atoms with Gasteiger partial charge in [0.25, 0.3) is 5.91 Å². The highest BCUT2D eigenvalue weighted by Crippen LogP contribution is 2.67. The first kappa shape index (κ1) is 27.7. The molecule has 2 aromatic carbocycles. The number of likely N-dealkylation sites (N-methyl/N-ethyl adjacent to an activating group) is 1. The Morgan fingerprint density at radius 2 is 2.02 bits per heavy atom. The van der Waals surface area contributed by atoms with Gasteiger partial charge in [-0.2, -0.15) is 0 Å². The second-order valence-electron chi connectivity index (χ2n) is 12.7. The van der Waals surface area contributed by atoms with Crippen LogP contribution in [0.15, 0.2) is 36.4 Å². The van der Waals surface area contributed by atoms with Gasteiger partial charge in [0.15, 0.2) is 11.5 Å². The Balaban J connectivity index is 1.49. The van der Waals surface area contributed by atoms with Crippen molar-refractivity contribution >= 4 is 11.9 Å². The van der Waals surface area contributed by atoms with Crippen molar-refractivity contribution in [1.82, 2.24) is 9.80 Å². The molecule has 1 saturated heterocycles. The molecule has 0 aromatic heterocycles. The zero-order chi connectivity index (χ0) is 29.1. The van der Waals surface area contributed by atoms with Crippen LogP contribution in [0.25, 0.3) is 0 Å². The van der Waals surface area contributed by atoms with Crippen LogP contribution < -0.4 is 9.47 Å². The van der Waals surface area contributed by atoms with E-state index in [0.717, 1.165) is 41.8 Å². The second-order valence-corrected chi connectivity index (χ2v) is 12.7. The van der Waals surface area contributed by atoms with Crippen molar-refractivity contribution in [2.75, 3.05) is 27.2 Å². The summed E-state index contributed by atoms with van der Waals surface area (Å²) in [5, 5.41) is 0. The standard InChI is InChI=1S/C34H40N2O5/c1-21(2)20-36(29(38)13-10-24-9-7-8-22(3)18-24)26-14-15-34(41-23(4)37)28-19-25-11-12-27(39-6)31-30(25)33(34,32(26)40-31)16-17-35(28)5/h7-9,11-12,18,21,26,28,32H,14-17,19-20H2,1-6H3/t26-,28+,32-,33-,34+/m0/s1. The minimum absolute atomic E-state index is 0.0226. The number of esters is 1. The zero-order valence-electron chi connectivity index (χ0n) is 25.0. The quantitative estimate of drug-likeness (QED) is 0.405. The minimum Gasteiger partial charge on any atom is -0.493 e. The normalized spacial score (nSPS) is 29.1. The molecule has 2 fully saturated rings. The van der Waals surface area contributed by atoms with Gasteiger partial charge in [0.1, 0.15) is 11.7 Å². The highest BCUT2D eigenvalue weighted by Gasteiger charge is 2.75. The Labute approximate surface area is 243 Å². The number of carbonyl (C=O) groups excluding carboxylic acids is 2. The number of ether oxygens (including phenoxy) is 3. The summed E-state index contributed by atoms with van der Waals surface area (Å²) in [6.07, 6.45) is 2.45. The third-order valence-corrected chi connectivity index (χ3v) is 9.74. The monoisotopic (exact) mass is 556 g/mol. The highest BCUT2D eigenvalue weighted by atomic mass is 16.6. The highest BCUT2D eigenvalue weighted by molar-refractivity contribution is 5.94. The van der Waals surface area contributed by atoms with Crippen molar-refractivity contribution < 1.29 is 23.8 Å². The number of likely N-dealkylation sites (tertiary alicyclic amines) is 1. The number of methoxy groups -OCH3 is 1. The van der Waals surface area contributed by atoms with Gasteiger partial charge >= 0.3 is 5.97 Å². The van der Waals surface area contributed by atoms with Gasteiger partial charge in [-0.3, -0.25) is 14.5 Å². The predicted octanol–water partition coefficient (Wildman–Crippen LogP) is 4.26. The predicted molar refractivity (Wildman–Crippen MR) is 156 cm³/mol. The van der Waals surface area contributed by atoms with Crippen molar-refractivity contribution in [3.05, 3.63) is 58.7 Å². The average molecular weight is 557 g/mol. The maximum Gasteiger partial charge on any atom is 0.303 e. The van der Waals surface area contributed by atoms with E-state index >= 15 is 0 Å². The fourth-order valence-corrected chi connectivity index (χ4v) is 8.31. The van der Waals surface area contributed by atoms with Crippen LogP contribution in [0.5, 0.6) is 11.5 Å². The lowest BCUT2D eigenvalue weighted by atomic mass is 9.48. The van der Waals surface area contributed by atoms with Crippen molar-refractivity contribution in [3.63, 3.8) is 0 Å². The van der Waals surface area contributed by atoms with E-state index < -0.39 is 11.0 Å². The largest absolute Gasteiger partial charge is 0.493 e. The number of benzene rings is 2. The number of nitrogens with zero attached hydrogens (tertiary/aromatic N) is 2. The van der Waals surface area contributed by atoms with Gasteiger partial charge in [-0.15, -0.1) is 0 Å². The summed E-state index contributed by atoms with van der Waals surface area (Å²) in [5.74, 6) is 7.24. The molecular formula is C34H40N2O5. The third-order valence-electron chi connectivity index (χ3n) is 9.74. The Kier molecular flexibility index (Phi) is 6.81. The fraction of sp³-hybridized carbons (Fsp3) is 0.529. The molecule has 2 bridgehead atoms. The lowest BCUT2D eigenvalue weighted by Crippen LogP contribution is -2.79. The molecular weight excluding hydrogens is 516 g/mol. The molecule has 5 atom stereocenters. The first-order valence-corrected chi connectivity index (χ1v) is 14.8. The molecule has 0 radical (unpaired) electrons. The van der Waals surface area contributed by atoms with Crippen LogP contribution in [-0.2, 0) is 26.2 Å². The van der Waals surface area contributed by atoms with Gasteiger partial charge < -0.3 is 19.1 Å². The molecule has 6 rings (SSSR count). The summed E-state index contributed by atoms with van der Waals surface area (Å²) < 4.78 is 19.3.